The molecule has 1 heterocycles. The van der Waals surface area contributed by atoms with Crippen molar-refractivity contribution in [3.63, 3.8) is 0 Å². The third-order valence-corrected chi connectivity index (χ3v) is 5.21. The van der Waals surface area contributed by atoms with Crippen molar-refractivity contribution in [2.75, 3.05) is 19.6 Å². The number of halogens is 3. The van der Waals surface area contributed by atoms with E-state index in [2.05, 4.69) is 19.2 Å². The number of rotatable bonds is 5. The number of amides is 2. The van der Waals surface area contributed by atoms with Crippen molar-refractivity contribution < 1.29 is 27.9 Å². The fourth-order valence-electron chi connectivity index (χ4n) is 3.92. The van der Waals surface area contributed by atoms with Crippen LogP contribution in [0, 0.1) is 23.2 Å². The zero-order valence-corrected chi connectivity index (χ0v) is 14.0. The summed E-state index contributed by atoms with van der Waals surface area (Å²) in [5.74, 6) is -4.62. The summed E-state index contributed by atoms with van der Waals surface area (Å²) in [6, 6.07) is -0.594. The topological polar surface area (TPSA) is 69.6 Å². The first-order valence-electron chi connectivity index (χ1n) is 8.36. The van der Waals surface area contributed by atoms with Crippen LogP contribution >= 0.6 is 0 Å². The third kappa shape index (κ3) is 4.13. The predicted molar refractivity (Wildman–Crippen MR) is 81.4 cm³/mol. The molecule has 0 radical (unpaired) electrons. The Kier molecular flexibility index (Phi) is 5.34. The molecule has 1 saturated carbocycles. The molecule has 138 valence electrons. The molecular formula is C16H25F3N2O3. The van der Waals surface area contributed by atoms with Gasteiger partial charge in [0.25, 0.3) is 0 Å². The summed E-state index contributed by atoms with van der Waals surface area (Å²) in [7, 11) is 0. The van der Waals surface area contributed by atoms with Crippen LogP contribution in [0.3, 0.4) is 0 Å². The normalized spacial score (nSPS) is 26.3. The Morgan fingerprint density at radius 1 is 1.29 bits per heavy atom. The molecular weight excluding hydrogens is 325 g/mol. The van der Waals surface area contributed by atoms with Gasteiger partial charge in [-0.3, -0.25) is 4.79 Å². The quantitative estimate of drug-likeness (QED) is 0.800. The summed E-state index contributed by atoms with van der Waals surface area (Å²) in [6.07, 6.45) is -0.534. The first-order valence-corrected chi connectivity index (χ1v) is 8.36. The molecule has 2 aliphatic rings. The minimum atomic E-state index is -4.62. The molecule has 5 nitrogen and oxygen atoms in total. The number of carboxylic acids is 1. The van der Waals surface area contributed by atoms with Gasteiger partial charge in [-0.2, -0.15) is 13.2 Å². The summed E-state index contributed by atoms with van der Waals surface area (Å²) < 4.78 is 38.9. The summed E-state index contributed by atoms with van der Waals surface area (Å²) in [5.41, 5.74) is 0.0409. The SMILES string of the molecule is CC(C)CC1(CNC(=O)N2C[C@@H](C(F)(F)F)[C@H](C(=O)O)C2)CCC1. The Balaban J connectivity index is 1.94. The number of hydrogen-bond donors (Lipinski definition) is 2. The first-order chi connectivity index (χ1) is 11.0. The van der Waals surface area contributed by atoms with Gasteiger partial charge in [-0.15, -0.1) is 0 Å². The monoisotopic (exact) mass is 350 g/mol. The number of nitrogens with zero attached hydrogens (tertiary/aromatic N) is 1. The van der Waals surface area contributed by atoms with Crippen molar-refractivity contribution in [2.45, 2.75) is 45.7 Å². The summed E-state index contributed by atoms with van der Waals surface area (Å²) >= 11 is 0. The average molecular weight is 350 g/mol. The van der Waals surface area contributed by atoms with Crippen LogP contribution in [0.15, 0.2) is 0 Å². The van der Waals surface area contributed by atoms with Gasteiger partial charge in [0.1, 0.15) is 0 Å². The standard InChI is InChI=1S/C16H25F3N2O3/c1-10(2)6-15(4-3-5-15)9-20-14(24)21-7-11(13(22)23)12(8-21)16(17,18)19/h10-12H,3-9H2,1-2H3,(H,20,24)(H,22,23)/t11-,12-/m1/s1. The molecule has 0 bridgehead atoms. The highest BCUT2D eigenvalue weighted by Crippen LogP contribution is 2.45. The Hall–Kier alpha value is -1.47. The first kappa shape index (κ1) is 18.9. The van der Waals surface area contributed by atoms with E-state index in [0.717, 1.165) is 30.6 Å². The van der Waals surface area contributed by atoms with Crippen LogP contribution in [0.5, 0.6) is 0 Å². The molecule has 2 atom stereocenters. The van der Waals surface area contributed by atoms with Crippen LogP contribution in [-0.2, 0) is 4.79 Å². The van der Waals surface area contributed by atoms with Crippen molar-refractivity contribution >= 4 is 12.0 Å². The number of alkyl halides is 3. The van der Waals surface area contributed by atoms with E-state index in [1.807, 2.05) is 0 Å². The second-order valence-electron chi connectivity index (χ2n) is 7.61. The van der Waals surface area contributed by atoms with E-state index >= 15 is 0 Å². The lowest BCUT2D eigenvalue weighted by Gasteiger charge is -2.43. The van der Waals surface area contributed by atoms with Gasteiger partial charge in [-0.05, 0) is 30.6 Å². The van der Waals surface area contributed by atoms with E-state index in [1.54, 1.807) is 0 Å². The van der Waals surface area contributed by atoms with Crippen molar-refractivity contribution in [3.8, 4) is 0 Å². The lowest BCUT2D eigenvalue weighted by molar-refractivity contribution is -0.187. The predicted octanol–water partition coefficient (Wildman–Crippen LogP) is 3.11. The van der Waals surface area contributed by atoms with E-state index in [-0.39, 0.29) is 5.41 Å². The van der Waals surface area contributed by atoms with Crippen molar-refractivity contribution in [1.29, 1.82) is 0 Å². The van der Waals surface area contributed by atoms with E-state index in [4.69, 9.17) is 5.11 Å². The molecule has 2 amide bonds. The number of carboxylic acid groups (broad SMARTS) is 1. The zero-order chi connectivity index (χ0) is 18.1. The zero-order valence-electron chi connectivity index (χ0n) is 14.0. The summed E-state index contributed by atoms with van der Waals surface area (Å²) in [6.45, 7) is 3.66. The molecule has 8 heteroatoms. The summed E-state index contributed by atoms with van der Waals surface area (Å²) in [4.78, 5) is 24.3. The van der Waals surface area contributed by atoms with E-state index in [9.17, 15) is 22.8 Å². The molecule has 2 fully saturated rings. The van der Waals surface area contributed by atoms with Crippen LogP contribution in [0.2, 0.25) is 0 Å². The number of carbonyl (C=O) groups is 2. The Morgan fingerprint density at radius 3 is 2.29 bits per heavy atom. The second kappa shape index (κ2) is 6.80. The Labute approximate surface area is 139 Å². The van der Waals surface area contributed by atoms with Gasteiger partial charge in [0.2, 0.25) is 0 Å². The van der Waals surface area contributed by atoms with E-state index < -0.39 is 43.1 Å². The number of aliphatic carboxylic acids is 1. The average Bonchev–Trinajstić information content (AvgIpc) is 2.86. The highest BCUT2D eigenvalue weighted by molar-refractivity contribution is 5.77. The Morgan fingerprint density at radius 2 is 1.92 bits per heavy atom. The maximum absolute atomic E-state index is 13.0. The number of carbonyl (C=O) groups excluding carboxylic acids is 1. The van der Waals surface area contributed by atoms with Crippen LogP contribution in [-0.4, -0.2) is 47.8 Å². The Bertz CT molecular complexity index is 489. The molecule has 2 rings (SSSR count). The van der Waals surface area contributed by atoms with Gasteiger partial charge in [0.15, 0.2) is 0 Å². The molecule has 0 spiro atoms. The smallest absolute Gasteiger partial charge is 0.394 e. The van der Waals surface area contributed by atoms with Crippen LogP contribution < -0.4 is 5.32 Å². The molecule has 0 aromatic rings. The van der Waals surface area contributed by atoms with E-state index in [1.165, 1.54) is 0 Å². The molecule has 24 heavy (non-hydrogen) atoms. The number of urea groups is 1. The van der Waals surface area contributed by atoms with Crippen LogP contribution in [0.4, 0.5) is 18.0 Å². The number of nitrogens with one attached hydrogen (secondary N) is 1. The molecule has 1 saturated heterocycles. The minimum absolute atomic E-state index is 0.0409. The molecule has 0 aromatic heterocycles. The highest BCUT2D eigenvalue weighted by atomic mass is 19.4. The molecule has 1 aliphatic carbocycles. The molecule has 0 unspecified atom stereocenters. The number of hydrogen-bond acceptors (Lipinski definition) is 2. The minimum Gasteiger partial charge on any atom is -0.481 e. The van der Waals surface area contributed by atoms with Crippen molar-refractivity contribution in [1.82, 2.24) is 10.2 Å². The van der Waals surface area contributed by atoms with Gasteiger partial charge in [0.05, 0.1) is 11.8 Å². The lowest BCUT2D eigenvalue weighted by Crippen LogP contribution is -2.47. The van der Waals surface area contributed by atoms with Gasteiger partial charge >= 0.3 is 18.2 Å². The van der Waals surface area contributed by atoms with Crippen LogP contribution in [0.1, 0.15) is 39.5 Å². The van der Waals surface area contributed by atoms with Gasteiger partial charge in [-0.1, -0.05) is 20.3 Å². The largest absolute Gasteiger partial charge is 0.481 e. The second-order valence-corrected chi connectivity index (χ2v) is 7.61. The summed E-state index contributed by atoms with van der Waals surface area (Å²) in [5, 5.41) is 11.7. The number of likely N-dealkylation sites (tertiary alicyclic amines) is 1. The van der Waals surface area contributed by atoms with Crippen LogP contribution in [0.25, 0.3) is 0 Å². The van der Waals surface area contributed by atoms with Gasteiger partial charge in [0, 0.05) is 19.6 Å². The van der Waals surface area contributed by atoms with E-state index in [0.29, 0.717) is 12.5 Å². The van der Waals surface area contributed by atoms with Gasteiger partial charge in [-0.25, -0.2) is 4.79 Å². The molecule has 0 aromatic carbocycles. The molecule has 2 N–H and O–H groups in total. The fourth-order valence-corrected chi connectivity index (χ4v) is 3.92. The van der Waals surface area contributed by atoms with Crippen molar-refractivity contribution in [2.24, 2.45) is 23.2 Å². The van der Waals surface area contributed by atoms with Gasteiger partial charge < -0.3 is 15.3 Å². The molecule has 1 aliphatic heterocycles. The highest BCUT2D eigenvalue weighted by Gasteiger charge is 2.53. The van der Waals surface area contributed by atoms with Crippen molar-refractivity contribution in [3.05, 3.63) is 0 Å². The fraction of sp³-hybridized carbons (Fsp3) is 0.875. The third-order valence-electron chi connectivity index (χ3n) is 5.21. The maximum atomic E-state index is 13.0. The maximum Gasteiger partial charge on any atom is 0.394 e. The lowest BCUT2D eigenvalue weighted by atomic mass is 9.64.